The summed E-state index contributed by atoms with van der Waals surface area (Å²) in [6.07, 6.45) is 3.21. The van der Waals surface area contributed by atoms with Crippen molar-refractivity contribution in [3.8, 4) is 0 Å². The molecule has 1 fully saturated rings. The van der Waals surface area contributed by atoms with Crippen molar-refractivity contribution in [3.05, 3.63) is 88.0 Å². The van der Waals surface area contributed by atoms with Crippen molar-refractivity contribution in [1.29, 1.82) is 0 Å². The van der Waals surface area contributed by atoms with Gasteiger partial charge in [0, 0.05) is 24.6 Å². The first-order valence-electron chi connectivity index (χ1n) is 10.4. The summed E-state index contributed by atoms with van der Waals surface area (Å²) >= 11 is 0. The summed E-state index contributed by atoms with van der Waals surface area (Å²) in [5.41, 5.74) is 4.76. The van der Waals surface area contributed by atoms with Crippen LogP contribution in [-0.4, -0.2) is 35.0 Å². The quantitative estimate of drug-likeness (QED) is 0.372. The van der Waals surface area contributed by atoms with Gasteiger partial charge in [-0.25, -0.2) is 5.43 Å². The normalized spacial score (nSPS) is 15.4. The molecule has 0 unspecified atom stereocenters. The van der Waals surface area contributed by atoms with Crippen molar-refractivity contribution in [1.82, 2.24) is 10.3 Å². The number of nitrogens with one attached hydrogen (secondary N) is 1. The Morgan fingerprint density at radius 3 is 2.48 bits per heavy atom. The first-order valence-corrected chi connectivity index (χ1v) is 10.4. The zero-order valence-electron chi connectivity index (χ0n) is 17.1. The first-order chi connectivity index (χ1) is 15.1. The maximum Gasteiger partial charge on any atom is 0.269 e. The van der Waals surface area contributed by atoms with Crippen molar-refractivity contribution in [2.45, 2.75) is 19.4 Å². The van der Waals surface area contributed by atoms with E-state index in [1.54, 1.807) is 18.3 Å². The van der Waals surface area contributed by atoms with Crippen LogP contribution in [0.15, 0.2) is 71.8 Å². The highest BCUT2D eigenvalue weighted by Gasteiger charge is 2.24. The molecular weight excluding hydrogens is 392 g/mol. The minimum atomic E-state index is -0.393. The summed E-state index contributed by atoms with van der Waals surface area (Å²) in [6.45, 7) is 2.35. The Balaban J connectivity index is 1.25. The zero-order valence-corrected chi connectivity index (χ0v) is 17.1. The summed E-state index contributed by atoms with van der Waals surface area (Å²) < 4.78 is 0. The molecule has 1 heterocycles. The average molecular weight is 416 g/mol. The van der Waals surface area contributed by atoms with Crippen molar-refractivity contribution in [2.24, 2.45) is 11.0 Å². The molecule has 1 saturated heterocycles. The van der Waals surface area contributed by atoms with E-state index >= 15 is 0 Å². The van der Waals surface area contributed by atoms with Crippen molar-refractivity contribution in [3.63, 3.8) is 0 Å². The number of piperidine rings is 1. The Labute approximate surface area is 180 Å². The molecule has 1 N–H and O–H groups in total. The number of rotatable bonds is 6. The number of fused-ring (bicyclic) bond motifs is 1. The minimum Gasteiger partial charge on any atom is -0.299 e. The van der Waals surface area contributed by atoms with E-state index in [2.05, 4.69) is 27.6 Å². The summed E-state index contributed by atoms with van der Waals surface area (Å²) in [7, 11) is 0. The van der Waals surface area contributed by atoms with Gasteiger partial charge in [-0.1, -0.05) is 48.5 Å². The molecule has 3 aromatic rings. The molecule has 0 aromatic heterocycles. The van der Waals surface area contributed by atoms with Gasteiger partial charge in [0.25, 0.3) is 5.69 Å². The summed E-state index contributed by atoms with van der Waals surface area (Å²) in [5.74, 6) is -0.103. The Kier molecular flexibility index (Phi) is 6.33. The van der Waals surface area contributed by atoms with Crippen molar-refractivity contribution in [2.75, 3.05) is 13.1 Å². The number of nitro groups is 1. The van der Waals surface area contributed by atoms with Crippen LogP contribution >= 0.6 is 0 Å². The number of amides is 1. The molecule has 0 saturated carbocycles. The summed E-state index contributed by atoms with van der Waals surface area (Å²) in [4.78, 5) is 25.1. The highest BCUT2D eigenvalue weighted by atomic mass is 16.6. The van der Waals surface area contributed by atoms with Gasteiger partial charge in [0.1, 0.15) is 0 Å². The molecule has 158 valence electrons. The molecule has 0 bridgehead atoms. The minimum absolute atomic E-state index is 0.0491. The second-order valence-electron chi connectivity index (χ2n) is 7.81. The monoisotopic (exact) mass is 416 g/mol. The molecule has 1 amide bonds. The van der Waals surface area contributed by atoms with Gasteiger partial charge >= 0.3 is 0 Å². The third kappa shape index (κ3) is 5.32. The van der Waals surface area contributed by atoms with Gasteiger partial charge in [-0.3, -0.25) is 19.8 Å². The van der Waals surface area contributed by atoms with E-state index in [4.69, 9.17) is 0 Å². The number of hydrogen-bond donors (Lipinski definition) is 1. The van der Waals surface area contributed by atoms with E-state index in [-0.39, 0.29) is 17.5 Å². The molecule has 7 heteroatoms. The Morgan fingerprint density at radius 2 is 1.77 bits per heavy atom. The van der Waals surface area contributed by atoms with E-state index in [1.165, 1.54) is 17.5 Å². The smallest absolute Gasteiger partial charge is 0.269 e. The fourth-order valence-electron chi connectivity index (χ4n) is 3.88. The molecule has 4 rings (SSSR count). The molecule has 0 aliphatic carbocycles. The lowest BCUT2D eigenvalue weighted by Crippen LogP contribution is -2.39. The molecular formula is C24H24N4O3. The van der Waals surface area contributed by atoms with E-state index in [0.717, 1.165) is 49.0 Å². The Bertz CT molecular complexity index is 1100. The fourth-order valence-corrected chi connectivity index (χ4v) is 3.88. The van der Waals surface area contributed by atoms with Crippen molar-refractivity contribution >= 4 is 28.6 Å². The van der Waals surface area contributed by atoms with Gasteiger partial charge in [0.05, 0.1) is 11.1 Å². The highest BCUT2D eigenvalue weighted by Crippen LogP contribution is 2.20. The number of carbonyl (C=O) groups excluding carboxylic acids is 1. The third-order valence-corrected chi connectivity index (χ3v) is 5.67. The number of benzene rings is 3. The summed E-state index contributed by atoms with van der Waals surface area (Å²) in [6, 6.07) is 20.8. The predicted octanol–water partition coefficient (Wildman–Crippen LogP) is 4.11. The lowest BCUT2D eigenvalue weighted by Gasteiger charge is -2.30. The first kappa shape index (κ1) is 20.7. The van der Waals surface area contributed by atoms with Crippen LogP contribution in [-0.2, 0) is 11.3 Å². The van der Waals surface area contributed by atoms with Crippen LogP contribution in [0, 0.1) is 16.0 Å². The maximum atomic E-state index is 12.5. The molecule has 31 heavy (non-hydrogen) atoms. The lowest BCUT2D eigenvalue weighted by atomic mass is 9.96. The van der Waals surface area contributed by atoms with Gasteiger partial charge in [-0.05, 0) is 53.9 Å². The van der Waals surface area contributed by atoms with Crippen molar-refractivity contribution < 1.29 is 9.72 Å². The van der Waals surface area contributed by atoms with Gasteiger partial charge in [-0.2, -0.15) is 5.10 Å². The molecule has 1 aliphatic rings. The predicted molar refractivity (Wildman–Crippen MR) is 121 cm³/mol. The molecule has 0 atom stereocenters. The number of nitrogens with zero attached hydrogens (tertiary/aromatic N) is 3. The van der Waals surface area contributed by atoms with Crippen LogP contribution in [0.3, 0.4) is 0 Å². The lowest BCUT2D eigenvalue weighted by molar-refractivity contribution is -0.384. The standard InChI is InChI=1S/C24H24N4O3/c29-24(26-25-16-19-5-8-20-3-1-2-4-22(20)15-19)21-11-13-27(14-12-21)17-18-6-9-23(10-7-18)28(30)31/h1-10,15-16,21H,11-14,17H2,(H,26,29). The number of non-ortho nitro benzene ring substituents is 1. The second kappa shape index (κ2) is 9.49. The fraction of sp³-hybridized carbons (Fsp3) is 0.250. The van der Waals surface area contributed by atoms with Gasteiger partial charge in [0.15, 0.2) is 0 Å². The van der Waals surface area contributed by atoms with Crippen LogP contribution in [0.25, 0.3) is 10.8 Å². The van der Waals surface area contributed by atoms with Crippen LogP contribution in [0.1, 0.15) is 24.0 Å². The number of hydrazone groups is 1. The molecule has 1 aliphatic heterocycles. The maximum absolute atomic E-state index is 12.5. The third-order valence-electron chi connectivity index (χ3n) is 5.67. The Hall–Kier alpha value is -3.58. The molecule has 3 aromatic carbocycles. The largest absolute Gasteiger partial charge is 0.299 e. The molecule has 0 radical (unpaired) electrons. The zero-order chi connectivity index (χ0) is 21.6. The topological polar surface area (TPSA) is 87.8 Å². The van der Waals surface area contributed by atoms with E-state index in [1.807, 2.05) is 30.3 Å². The van der Waals surface area contributed by atoms with Crippen LogP contribution < -0.4 is 5.43 Å². The SMILES string of the molecule is O=C(NN=Cc1ccc2ccccc2c1)C1CCN(Cc2ccc([N+](=O)[O-])cc2)CC1. The van der Waals surface area contributed by atoms with Crippen LogP contribution in [0.5, 0.6) is 0 Å². The molecule has 0 spiro atoms. The van der Waals surface area contributed by atoms with E-state index in [9.17, 15) is 14.9 Å². The van der Waals surface area contributed by atoms with E-state index in [0.29, 0.717) is 0 Å². The van der Waals surface area contributed by atoms with Crippen LogP contribution in [0.4, 0.5) is 5.69 Å². The number of carbonyl (C=O) groups is 1. The second-order valence-corrected chi connectivity index (χ2v) is 7.81. The van der Waals surface area contributed by atoms with Gasteiger partial charge in [-0.15, -0.1) is 0 Å². The van der Waals surface area contributed by atoms with E-state index < -0.39 is 4.92 Å². The average Bonchev–Trinajstić information content (AvgIpc) is 2.80. The number of likely N-dealkylation sites (tertiary alicyclic amines) is 1. The number of hydrogen-bond acceptors (Lipinski definition) is 5. The highest BCUT2D eigenvalue weighted by molar-refractivity contribution is 5.91. The number of nitro benzene ring substituents is 1. The summed E-state index contributed by atoms with van der Waals surface area (Å²) in [5, 5.41) is 17.2. The molecule has 7 nitrogen and oxygen atoms in total. The Morgan fingerprint density at radius 1 is 1.06 bits per heavy atom. The van der Waals surface area contributed by atoms with Crippen LogP contribution in [0.2, 0.25) is 0 Å². The van der Waals surface area contributed by atoms with Gasteiger partial charge in [0.2, 0.25) is 5.91 Å². The van der Waals surface area contributed by atoms with Gasteiger partial charge < -0.3 is 0 Å².